The smallest absolute Gasteiger partial charge is 0.105 e. The number of hydrogen-bond acceptors (Lipinski definition) is 1. The fourth-order valence-electron chi connectivity index (χ4n) is 1.90. The molecule has 1 nitrogen and oxygen atoms in total. The average Bonchev–Trinajstić information content (AvgIpc) is 2.43. The maximum atomic E-state index is 5.88. The lowest BCUT2D eigenvalue weighted by Gasteiger charge is -2.18. The zero-order valence-corrected chi connectivity index (χ0v) is 8.95. The minimum Gasteiger partial charge on any atom is -0.366 e. The van der Waals surface area contributed by atoms with Crippen molar-refractivity contribution >= 4 is 6.08 Å². The second kappa shape index (κ2) is 3.58. The average molecular weight is 188 g/mol. The van der Waals surface area contributed by atoms with Crippen molar-refractivity contribution < 1.29 is 4.74 Å². The molecule has 0 aromatic heterocycles. The first-order chi connectivity index (χ1) is 6.68. The van der Waals surface area contributed by atoms with Gasteiger partial charge in [0.05, 0.1) is 6.10 Å². The van der Waals surface area contributed by atoms with Gasteiger partial charge in [0, 0.05) is 0 Å². The maximum Gasteiger partial charge on any atom is 0.105 e. The molecular formula is C13H16O. The molecule has 0 saturated heterocycles. The summed E-state index contributed by atoms with van der Waals surface area (Å²) in [5, 5.41) is 0. The highest BCUT2D eigenvalue weighted by atomic mass is 16.5. The summed E-state index contributed by atoms with van der Waals surface area (Å²) in [6.45, 7) is 6.29. The van der Waals surface area contributed by atoms with E-state index in [9.17, 15) is 0 Å². The van der Waals surface area contributed by atoms with E-state index < -0.39 is 0 Å². The normalized spacial score (nSPS) is 19.7. The van der Waals surface area contributed by atoms with Crippen LogP contribution in [-0.4, -0.2) is 6.10 Å². The predicted molar refractivity (Wildman–Crippen MR) is 59.1 cm³/mol. The van der Waals surface area contributed by atoms with Crippen LogP contribution in [0.15, 0.2) is 29.8 Å². The molecule has 1 aliphatic rings. The van der Waals surface area contributed by atoms with Crippen LogP contribution in [0.5, 0.6) is 0 Å². The Labute approximate surface area is 85.4 Å². The molecule has 0 spiro atoms. The first-order valence-electron chi connectivity index (χ1n) is 5.11. The van der Waals surface area contributed by atoms with Gasteiger partial charge in [-0.1, -0.05) is 30.3 Å². The summed E-state index contributed by atoms with van der Waals surface area (Å²) in [6, 6.07) is 8.43. The van der Waals surface area contributed by atoms with Gasteiger partial charge in [-0.25, -0.2) is 0 Å². The molecule has 1 aromatic carbocycles. The molecule has 0 bridgehead atoms. The van der Waals surface area contributed by atoms with Gasteiger partial charge in [0.1, 0.15) is 6.10 Å². The van der Waals surface area contributed by atoms with Crippen LogP contribution < -0.4 is 0 Å². The summed E-state index contributed by atoms with van der Waals surface area (Å²) in [7, 11) is 0. The van der Waals surface area contributed by atoms with E-state index in [1.165, 1.54) is 16.7 Å². The van der Waals surface area contributed by atoms with Gasteiger partial charge in [-0.2, -0.15) is 0 Å². The lowest BCUT2D eigenvalue weighted by atomic mass is 10.1. The van der Waals surface area contributed by atoms with Crippen LogP contribution >= 0.6 is 0 Å². The summed E-state index contributed by atoms with van der Waals surface area (Å²) in [6.07, 6.45) is 2.66. The highest BCUT2D eigenvalue weighted by molar-refractivity contribution is 5.64. The Morgan fingerprint density at radius 3 is 2.64 bits per heavy atom. The van der Waals surface area contributed by atoms with Gasteiger partial charge < -0.3 is 4.74 Å². The first kappa shape index (κ1) is 9.47. The van der Waals surface area contributed by atoms with E-state index in [1.54, 1.807) is 0 Å². The predicted octanol–water partition coefficient (Wildman–Crippen LogP) is 3.57. The van der Waals surface area contributed by atoms with Crippen molar-refractivity contribution in [2.75, 3.05) is 0 Å². The van der Waals surface area contributed by atoms with Gasteiger partial charge >= 0.3 is 0 Å². The van der Waals surface area contributed by atoms with Gasteiger partial charge in [0.2, 0.25) is 0 Å². The molecule has 0 saturated carbocycles. The standard InChI is InChI=1S/C13H16O/c1-9(2)14-13-10(3)8-11-6-4-5-7-12(11)13/h4-9,13H,1-3H3. The van der Waals surface area contributed by atoms with E-state index in [-0.39, 0.29) is 12.2 Å². The lowest BCUT2D eigenvalue weighted by molar-refractivity contribution is 0.0302. The molecule has 74 valence electrons. The van der Waals surface area contributed by atoms with Crippen LogP contribution in [0.25, 0.3) is 6.08 Å². The van der Waals surface area contributed by atoms with Crippen molar-refractivity contribution in [3.8, 4) is 0 Å². The van der Waals surface area contributed by atoms with Gasteiger partial charge in [-0.15, -0.1) is 0 Å². The number of ether oxygens (including phenoxy) is 1. The molecule has 0 heterocycles. The fourth-order valence-corrected chi connectivity index (χ4v) is 1.90. The highest BCUT2D eigenvalue weighted by Crippen LogP contribution is 2.37. The van der Waals surface area contributed by atoms with Crippen LogP contribution in [0, 0.1) is 0 Å². The largest absolute Gasteiger partial charge is 0.366 e. The Hall–Kier alpha value is -1.08. The Balaban J connectivity index is 2.32. The van der Waals surface area contributed by atoms with Gasteiger partial charge in [-0.05, 0) is 37.5 Å². The Morgan fingerprint density at radius 2 is 1.93 bits per heavy atom. The molecule has 1 atom stereocenters. The summed E-state index contributed by atoms with van der Waals surface area (Å²) in [5.41, 5.74) is 3.91. The van der Waals surface area contributed by atoms with Crippen LogP contribution in [-0.2, 0) is 4.74 Å². The molecule has 1 heteroatoms. The molecule has 0 aliphatic heterocycles. The van der Waals surface area contributed by atoms with E-state index in [0.29, 0.717) is 0 Å². The van der Waals surface area contributed by atoms with Crippen molar-refractivity contribution in [1.29, 1.82) is 0 Å². The quantitative estimate of drug-likeness (QED) is 0.689. The summed E-state index contributed by atoms with van der Waals surface area (Å²) < 4.78 is 5.88. The third-order valence-electron chi connectivity index (χ3n) is 2.48. The molecule has 14 heavy (non-hydrogen) atoms. The number of hydrogen-bond donors (Lipinski definition) is 0. The van der Waals surface area contributed by atoms with E-state index in [0.717, 1.165) is 0 Å². The number of benzene rings is 1. The van der Waals surface area contributed by atoms with Crippen LogP contribution in [0.4, 0.5) is 0 Å². The second-order valence-electron chi connectivity index (χ2n) is 4.08. The van der Waals surface area contributed by atoms with E-state index in [4.69, 9.17) is 4.74 Å². The second-order valence-corrected chi connectivity index (χ2v) is 4.08. The summed E-state index contributed by atoms with van der Waals surface area (Å²) in [5.74, 6) is 0. The zero-order chi connectivity index (χ0) is 10.1. The van der Waals surface area contributed by atoms with Gasteiger partial charge in [0.15, 0.2) is 0 Å². The van der Waals surface area contributed by atoms with Crippen molar-refractivity contribution in [3.63, 3.8) is 0 Å². The van der Waals surface area contributed by atoms with E-state index in [2.05, 4.69) is 51.1 Å². The molecule has 1 aliphatic carbocycles. The Kier molecular flexibility index (Phi) is 2.42. The molecule has 0 N–H and O–H groups in total. The minimum absolute atomic E-state index is 0.172. The molecule has 0 amide bonds. The first-order valence-corrected chi connectivity index (χ1v) is 5.11. The SMILES string of the molecule is CC1=Cc2ccccc2C1OC(C)C. The van der Waals surface area contributed by atoms with Crippen molar-refractivity contribution in [3.05, 3.63) is 41.0 Å². The van der Waals surface area contributed by atoms with Crippen LogP contribution in [0.1, 0.15) is 38.0 Å². The van der Waals surface area contributed by atoms with Gasteiger partial charge in [0.25, 0.3) is 0 Å². The molecule has 0 fully saturated rings. The van der Waals surface area contributed by atoms with E-state index in [1.807, 2.05) is 0 Å². The molecular weight excluding hydrogens is 172 g/mol. The highest BCUT2D eigenvalue weighted by Gasteiger charge is 2.23. The lowest BCUT2D eigenvalue weighted by Crippen LogP contribution is -2.09. The molecule has 2 rings (SSSR count). The van der Waals surface area contributed by atoms with Crippen molar-refractivity contribution in [1.82, 2.24) is 0 Å². The molecule has 1 aromatic rings. The number of rotatable bonds is 2. The summed E-state index contributed by atoms with van der Waals surface area (Å²) >= 11 is 0. The minimum atomic E-state index is 0.172. The summed E-state index contributed by atoms with van der Waals surface area (Å²) in [4.78, 5) is 0. The van der Waals surface area contributed by atoms with Crippen LogP contribution in [0.2, 0.25) is 0 Å². The Morgan fingerprint density at radius 1 is 1.21 bits per heavy atom. The third kappa shape index (κ3) is 1.60. The fraction of sp³-hybridized carbons (Fsp3) is 0.385. The molecule has 1 unspecified atom stereocenters. The topological polar surface area (TPSA) is 9.23 Å². The zero-order valence-electron chi connectivity index (χ0n) is 8.95. The monoisotopic (exact) mass is 188 g/mol. The van der Waals surface area contributed by atoms with E-state index >= 15 is 0 Å². The van der Waals surface area contributed by atoms with Gasteiger partial charge in [-0.3, -0.25) is 0 Å². The third-order valence-corrected chi connectivity index (χ3v) is 2.48. The maximum absolute atomic E-state index is 5.88. The Bertz CT molecular complexity index is 363. The van der Waals surface area contributed by atoms with Crippen molar-refractivity contribution in [2.45, 2.75) is 33.0 Å². The van der Waals surface area contributed by atoms with Crippen LogP contribution in [0.3, 0.4) is 0 Å². The van der Waals surface area contributed by atoms with Crippen molar-refractivity contribution in [2.24, 2.45) is 0 Å². The molecule has 0 radical (unpaired) electrons. The number of fused-ring (bicyclic) bond motifs is 1.